The van der Waals surface area contributed by atoms with Gasteiger partial charge in [0.25, 0.3) is 0 Å². The van der Waals surface area contributed by atoms with E-state index in [0.717, 1.165) is 16.9 Å². The van der Waals surface area contributed by atoms with Crippen molar-refractivity contribution in [2.24, 2.45) is 0 Å². The summed E-state index contributed by atoms with van der Waals surface area (Å²) in [6.07, 6.45) is 0. The summed E-state index contributed by atoms with van der Waals surface area (Å²) in [6, 6.07) is 13.2. The van der Waals surface area contributed by atoms with Gasteiger partial charge < -0.3 is 15.2 Å². The number of benzene rings is 2. The minimum atomic E-state index is -0.296. The molecule has 0 aromatic heterocycles. The van der Waals surface area contributed by atoms with Gasteiger partial charge in [-0.25, -0.2) is 0 Å². The minimum absolute atomic E-state index is 0.0901. The average Bonchev–Trinajstić information content (AvgIpc) is 2.54. The Balaban J connectivity index is 1.93. The van der Waals surface area contributed by atoms with Gasteiger partial charge >= 0.3 is 0 Å². The highest BCUT2D eigenvalue weighted by Crippen LogP contribution is 2.26. The zero-order valence-corrected chi connectivity index (χ0v) is 14.8. The summed E-state index contributed by atoms with van der Waals surface area (Å²) in [4.78, 5) is 0. The Hall–Kier alpha value is -1.26. The molecule has 0 radical (unpaired) electrons. The van der Waals surface area contributed by atoms with E-state index < -0.39 is 0 Å². The second-order valence-electron chi connectivity index (χ2n) is 6.03. The van der Waals surface area contributed by atoms with Crippen LogP contribution < -0.4 is 10.1 Å². The number of halogens is 2. The minimum Gasteiger partial charge on any atom is -0.489 e. The molecule has 2 aromatic rings. The first kappa shape index (κ1) is 18.1. The molecule has 3 nitrogen and oxygen atoms in total. The molecule has 0 spiro atoms. The second-order valence-corrected chi connectivity index (χ2v) is 6.84. The molecule has 2 rings (SSSR count). The first-order valence-corrected chi connectivity index (χ1v) is 8.17. The third-order valence-corrected chi connectivity index (χ3v) is 4.24. The van der Waals surface area contributed by atoms with Gasteiger partial charge in [-0.1, -0.05) is 41.4 Å². The van der Waals surface area contributed by atoms with Gasteiger partial charge in [-0.15, -0.1) is 0 Å². The van der Waals surface area contributed by atoms with Crippen LogP contribution in [0, 0.1) is 0 Å². The van der Waals surface area contributed by atoms with Crippen LogP contribution in [0.1, 0.15) is 25.0 Å². The molecule has 0 aliphatic heterocycles. The van der Waals surface area contributed by atoms with Crippen molar-refractivity contribution >= 4 is 23.2 Å². The maximum Gasteiger partial charge on any atom is 0.119 e. The summed E-state index contributed by atoms with van der Waals surface area (Å²) in [5.41, 5.74) is 1.61. The number of hydrogen-bond donors (Lipinski definition) is 2. The van der Waals surface area contributed by atoms with Gasteiger partial charge in [0, 0.05) is 27.7 Å². The largest absolute Gasteiger partial charge is 0.489 e. The zero-order chi connectivity index (χ0) is 16.9. The van der Waals surface area contributed by atoms with Crippen molar-refractivity contribution in [2.75, 3.05) is 6.61 Å². The van der Waals surface area contributed by atoms with Crippen LogP contribution in [0.3, 0.4) is 0 Å². The monoisotopic (exact) mass is 353 g/mol. The molecule has 0 aliphatic rings. The SMILES string of the molecule is CC(C)(CO)NCc1ccc(OCc2c(Cl)cccc2Cl)cc1. The molecule has 0 aliphatic carbocycles. The molecular weight excluding hydrogens is 333 g/mol. The van der Waals surface area contributed by atoms with Crippen LogP contribution in [0.4, 0.5) is 0 Å². The van der Waals surface area contributed by atoms with Crippen molar-refractivity contribution in [1.29, 1.82) is 0 Å². The number of aliphatic hydroxyl groups is 1. The molecule has 0 saturated carbocycles. The Labute approximate surface area is 147 Å². The number of hydrogen-bond acceptors (Lipinski definition) is 3. The van der Waals surface area contributed by atoms with Gasteiger partial charge in [-0.2, -0.15) is 0 Å². The number of ether oxygens (including phenoxy) is 1. The Bertz CT molecular complexity index is 622. The molecule has 0 atom stereocenters. The van der Waals surface area contributed by atoms with Gasteiger partial charge in [0.2, 0.25) is 0 Å². The van der Waals surface area contributed by atoms with Gasteiger partial charge in [0.1, 0.15) is 12.4 Å². The van der Waals surface area contributed by atoms with Crippen LogP contribution in [-0.2, 0) is 13.2 Å². The van der Waals surface area contributed by atoms with E-state index in [-0.39, 0.29) is 12.1 Å². The van der Waals surface area contributed by atoms with Crippen molar-refractivity contribution < 1.29 is 9.84 Å². The Morgan fingerprint density at radius 1 is 1.04 bits per heavy atom. The van der Waals surface area contributed by atoms with Crippen LogP contribution in [0.25, 0.3) is 0 Å². The lowest BCUT2D eigenvalue weighted by Crippen LogP contribution is -2.42. The van der Waals surface area contributed by atoms with Crippen LogP contribution in [0.5, 0.6) is 5.75 Å². The zero-order valence-electron chi connectivity index (χ0n) is 13.3. The lowest BCUT2D eigenvalue weighted by Gasteiger charge is -2.23. The van der Waals surface area contributed by atoms with Crippen molar-refractivity contribution in [1.82, 2.24) is 5.32 Å². The average molecular weight is 354 g/mol. The molecule has 0 fully saturated rings. The Morgan fingerprint density at radius 2 is 1.65 bits per heavy atom. The molecule has 23 heavy (non-hydrogen) atoms. The fourth-order valence-corrected chi connectivity index (χ4v) is 2.43. The quantitative estimate of drug-likeness (QED) is 0.773. The third-order valence-electron chi connectivity index (χ3n) is 3.53. The second kappa shape index (κ2) is 8.02. The number of aliphatic hydroxyl groups excluding tert-OH is 1. The first-order chi connectivity index (χ1) is 10.9. The number of rotatable bonds is 7. The summed E-state index contributed by atoms with van der Waals surface area (Å²) in [7, 11) is 0. The van der Waals surface area contributed by atoms with E-state index in [4.69, 9.17) is 27.9 Å². The van der Waals surface area contributed by atoms with E-state index in [1.54, 1.807) is 12.1 Å². The van der Waals surface area contributed by atoms with Crippen molar-refractivity contribution in [3.05, 3.63) is 63.6 Å². The van der Waals surface area contributed by atoms with E-state index in [1.165, 1.54) is 0 Å². The van der Waals surface area contributed by atoms with Crippen LogP contribution in [0.15, 0.2) is 42.5 Å². The van der Waals surface area contributed by atoms with E-state index in [9.17, 15) is 5.11 Å². The predicted molar refractivity (Wildman–Crippen MR) is 95.2 cm³/mol. The summed E-state index contributed by atoms with van der Waals surface area (Å²) < 4.78 is 5.75. The highest BCUT2D eigenvalue weighted by Gasteiger charge is 2.14. The van der Waals surface area contributed by atoms with Crippen LogP contribution in [0.2, 0.25) is 10.0 Å². The molecule has 2 N–H and O–H groups in total. The lowest BCUT2D eigenvalue weighted by atomic mass is 10.1. The van der Waals surface area contributed by atoms with Gasteiger partial charge in [0.05, 0.1) is 6.61 Å². The number of nitrogens with one attached hydrogen (secondary N) is 1. The summed E-state index contributed by atoms with van der Waals surface area (Å²) >= 11 is 12.3. The smallest absolute Gasteiger partial charge is 0.119 e. The molecule has 0 saturated heterocycles. The van der Waals surface area contributed by atoms with Crippen molar-refractivity contribution in [3.8, 4) is 5.75 Å². The van der Waals surface area contributed by atoms with E-state index >= 15 is 0 Å². The lowest BCUT2D eigenvalue weighted by molar-refractivity contribution is 0.187. The van der Waals surface area contributed by atoms with Crippen molar-refractivity contribution in [2.45, 2.75) is 32.5 Å². The normalized spacial score (nSPS) is 11.5. The Kier molecular flexibility index (Phi) is 6.31. The summed E-state index contributed by atoms with van der Waals surface area (Å²) in [6.45, 7) is 5.01. The summed E-state index contributed by atoms with van der Waals surface area (Å²) in [5, 5.41) is 13.7. The van der Waals surface area contributed by atoms with Gasteiger partial charge in [-0.05, 0) is 43.7 Å². The molecule has 0 heterocycles. The molecular formula is C18H21Cl2NO2. The standard InChI is InChI=1S/C18H21Cl2NO2/c1-18(2,12-22)21-10-13-6-8-14(9-7-13)23-11-15-16(19)4-3-5-17(15)20/h3-9,21-22H,10-12H2,1-2H3. The van der Waals surface area contributed by atoms with E-state index in [0.29, 0.717) is 23.2 Å². The maximum atomic E-state index is 9.24. The Morgan fingerprint density at radius 3 is 2.22 bits per heavy atom. The van der Waals surface area contributed by atoms with Gasteiger partial charge in [-0.3, -0.25) is 0 Å². The van der Waals surface area contributed by atoms with E-state index in [2.05, 4.69) is 5.32 Å². The molecule has 0 bridgehead atoms. The van der Waals surface area contributed by atoms with Crippen molar-refractivity contribution in [3.63, 3.8) is 0 Å². The van der Waals surface area contributed by atoms with Gasteiger partial charge in [0.15, 0.2) is 0 Å². The molecule has 124 valence electrons. The third kappa shape index (κ3) is 5.40. The van der Waals surface area contributed by atoms with Crippen LogP contribution >= 0.6 is 23.2 Å². The topological polar surface area (TPSA) is 41.5 Å². The summed E-state index contributed by atoms with van der Waals surface area (Å²) in [5.74, 6) is 0.756. The molecule has 0 amide bonds. The van der Waals surface area contributed by atoms with Crippen LogP contribution in [-0.4, -0.2) is 17.3 Å². The fourth-order valence-electron chi connectivity index (χ4n) is 1.93. The highest BCUT2D eigenvalue weighted by atomic mass is 35.5. The molecule has 0 unspecified atom stereocenters. The fraction of sp³-hybridized carbons (Fsp3) is 0.333. The van der Waals surface area contributed by atoms with E-state index in [1.807, 2.05) is 44.2 Å². The molecule has 5 heteroatoms. The first-order valence-electron chi connectivity index (χ1n) is 7.42. The highest BCUT2D eigenvalue weighted by molar-refractivity contribution is 6.35. The molecule has 2 aromatic carbocycles. The maximum absolute atomic E-state index is 9.24. The predicted octanol–water partition coefficient (Wildman–Crippen LogP) is 4.43.